The number of rotatable bonds is 13. The van der Waals surface area contributed by atoms with Gasteiger partial charge in [-0.15, -0.1) is 0 Å². The first-order valence-corrected chi connectivity index (χ1v) is 17.8. The summed E-state index contributed by atoms with van der Waals surface area (Å²) in [6.45, 7) is -2.57. The number of nitrogens with two attached hydrogens (primary N) is 6. The van der Waals surface area contributed by atoms with Crippen LogP contribution in [-0.2, 0) is 37.9 Å². The van der Waals surface area contributed by atoms with Crippen molar-refractivity contribution in [2.24, 2.45) is 40.3 Å². The molecule has 1 saturated carbocycles. The van der Waals surface area contributed by atoms with E-state index in [4.69, 9.17) is 72.3 Å². The Hall–Kier alpha value is -0.960. The van der Waals surface area contributed by atoms with Gasteiger partial charge in [0.15, 0.2) is 25.2 Å². The van der Waals surface area contributed by atoms with Crippen LogP contribution in [0.1, 0.15) is 6.42 Å². The lowest BCUT2D eigenvalue weighted by molar-refractivity contribution is -0.314. The number of aliphatic hydroxyl groups excluding tert-OH is 10. The Morgan fingerprint density at radius 2 is 0.944 bits per heavy atom. The van der Waals surface area contributed by atoms with E-state index in [1.807, 2.05) is 0 Å². The van der Waals surface area contributed by atoms with Crippen LogP contribution in [-0.4, -0.2) is 225 Å². The Bertz CT molecular complexity index is 1170. The van der Waals surface area contributed by atoms with Crippen molar-refractivity contribution in [1.29, 1.82) is 0 Å². The van der Waals surface area contributed by atoms with E-state index in [1.54, 1.807) is 0 Å². The number of ether oxygens (including phenoxy) is 8. The molecule has 0 aromatic rings. The van der Waals surface area contributed by atoms with Gasteiger partial charge < -0.3 is 123 Å². The fraction of sp³-hybridized carbons (Fsp3) is 1.00. The lowest BCUT2D eigenvalue weighted by atomic mass is 9.84. The fourth-order valence-corrected chi connectivity index (χ4v) is 7.47. The minimum Gasteiger partial charge on any atom is -0.394 e. The van der Waals surface area contributed by atoms with Crippen LogP contribution in [0.5, 0.6) is 0 Å². The van der Waals surface area contributed by atoms with Gasteiger partial charge in [0.2, 0.25) is 0 Å². The molecule has 4 aliphatic heterocycles. The SMILES string of the molecule is NC[C@@H]1O[C@H](O[C@H]2[C@@H](O)[C@H](O[C@@H]3[C@@H](O)[C@H](N)C[C@H](N)[C@H]3O[C@H]3O[C@H](CO)[C@@H](CO[C@H]4O[C@H](CO)[C@@H](O)[C@H](O)[C@H]4N)[C@H](O)[C@H]3N)O[C@@H]2CO)[C@H](N)[C@@H](O)[C@@H]1O. The van der Waals surface area contributed by atoms with E-state index in [1.165, 1.54) is 0 Å². The third-order valence-corrected chi connectivity index (χ3v) is 10.9. The quantitative estimate of drug-likeness (QED) is 0.0823. The van der Waals surface area contributed by atoms with Gasteiger partial charge in [-0.3, -0.25) is 0 Å². The first-order chi connectivity index (χ1) is 25.6. The van der Waals surface area contributed by atoms with Gasteiger partial charge in [0.1, 0.15) is 67.1 Å². The molecule has 24 nitrogen and oxygen atoms in total. The molecule has 0 aromatic carbocycles. The van der Waals surface area contributed by atoms with E-state index in [-0.39, 0.29) is 19.6 Å². The van der Waals surface area contributed by atoms with Crippen molar-refractivity contribution in [1.82, 2.24) is 0 Å². The molecule has 24 atom stereocenters. The summed E-state index contributed by atoms with van der Waals surface area (Å²) >= 11 is 0. The molecule has 5 aliphatic rings. The van der Waals surface area contributed by atoms with E-state index in [2.05, 4.69) is 0 Å². The van der Waals surface area contributed by atoms with Gasteiger partial charge in [0, 0.05) is 24.5 Å². The molecule has 24 heteroatoms. The molecule has 0 bridgehead atoms. The Balaban J connectivity index is 1.26. The van der Waals surface area contributed by atoms with Crippen molar-refractivity contribution in [3.8, 4) is 0 Å². The van der Waals surface area contributed by atoms with Gasteiger partial charge in [-0.05, 0) is 6.42 Å². The molecule has 0 aromatic heterocycles. The van der Waals surface area contributed by atoms with Gasteiger partial charge in [-0.25, -0.2) is 0 Å². The number of hydrogen-bond donors (Lipinski definition) is 16. The van der Waals surface area contributed by atoms with Crippen LogP contribution in [0.3, 0.4) is 0 Å². The highest BCUT2D eigenvalue weighted by Crippen LogP contribution is 2.35. The lowest BCUT2D eigenvalue weighted by Crippen LogP contribution is -2.67. The average Bonchev–Trinajstić information content (AvgIpc) is 3.45. The van der Waals surface area contributed by atoms with E-state index >= 15 is 0 Å². The van der Waals surface area contributed by atoms with Crippen molar-refractivity contribution in [3.63, 3.8) is 0 Å². The standard InChI is InChI=1S/C30H58N6O18/c31-2-10-19(42)22(45)16(36)29(48-10)53-25-13(5-39)51-30(23(25)46)54-26-18(41)8(32)1-9(33)24(26)52-28-14(34)17(40)7(11(3-37)49-28)6-47-27-15(35)21(44)20(43)12(4-38)50-27/h7-30,37-46H,1-6,31-36H2/t7-,8-,9+,10+,11-,12-,13-,14-,15-,16-,17+,18+,19-,20-,21-,22-,23-,24-,25-,26-,27+,28-,29-,30+/m1/s1. The van der Waals surface area contributed by atoms with Gasteiger partial charge in [0.25, 0.3) is 0 Å². The lowest BCUT2D eigenvalue weighted by Gasteiger charge is -2.48. The fourth-order valence-electron chi connectivity index (χ4n) is 7.47. The summed E-state index contributed by atoms with van der Waals surface area (Å²) in [6, 6.07) is -5.74. The summed E-state index contributed by atoms with van der Waals surface area (Å²) in [7, 11) is 0. The van der Waals surface area contributed by atoms with Crippen LogP contribution in [0.2, 0.25) is 0 Å². The average molecular weight is 791 g/mol. The largest absolute Gasteiger partial charge is 0.394 e. The first kappa shape index (κ1) is 44.1. The molecule has 22 N–H and O–H groups in total. The topological polar surface area (TPSA) is 432 Å². The number of hydrogen-bond acceptors (Lipinski definition) is 24. The molecule has 1 aliphatic carbocycles. The normalized spacial score (nSPS) is 53.1. The Morgan fingerprint density at radius 1 is 0.463 bits per heavy atom. The minimum absolute atomic E-state index is 0.0135. The van der Waals surface area contributed by atoms with Gasteiger partial charge in [-0.2, -0.15) is 0 Å². The Kier molecular flexibility index (Phi) is 15.3. The van der Waals surface area contributed by atoms with E-state index < -0.39 is 167 Å². The predicted octanol–water partition coefficient (Wildman–Crippen LogP) is -10.8. The third-order valence-electron chi connectivity index (χ3n) is 10.9. The van der Waals surface area contributed by atoms with Crippen molar-refractivity contribution in [2.45, 2.75) is 147 Å². The Morgan fingerprint density at radius 3 is 1.54 bits per heavy atom. The van der Waals surface area contributed by atoms with Gasteiger partial charge >= 0.3 is 0 Å². The number of aliphatic hydroxyl groups is 10. The van der Waals surface area contributed by atoms with Crippen LogP contribution < -0.4 is 34.4 Å². The zero-order chi connectivity index (χ0) is 39.8. The molecule has 0 spiro atoms. The maximum Gasteiger partial charge on any atom is 0.187 e. The predicted molar refractivity (Wildman–Crippen MR) is 176 cm³/mol. The highest BCUT2D eigenvalue weighted by molar-refractivity contribution is 5.02. The summed E-state index contributed by atoms with van der Waals surface area (Å²) in [5.41, 5.74) is 36.5. The van der Waals surface area contributed by atoms with Gasteiger partial charge in [0.05, 0.1) is 62.9 Å². The molecule has 5 rings (SSSR count). The monoisotopic (exact) mass is 790 g/mol. The summed E-state index contributed by atoms with van der Waals surface area (Å²) in [6.07, 6.45) is -25.1. The van der Waals surface area contributed by atoms with Crippen LogP contribution in [0.25, 0.3) is 0 Å². The minimum atomic E-state index is -1.67. The van der Waals surface area contributed by atoms with Crippen LogP contribution in [0, 0.1) is 5.92 Å². The highest BCUT2D eigenvalue weighted by atomic mass is 16.8. The Labute approximate surface area is 309 Å². The zero-order valence-corrected chi connectivity index (χ0v) is 29.3. The van der Waals surface area contributed by atoms with E-state index in [0.29, 0.717) is 0 Å². The van der Waals surface area contributed by atoms with Crippen molar-refractivity contribution in [3.05, 3.63) is 0 Å². The van der Waals surface area contributed by atoms with Crippen LogP contribution in [0.4, 0.5) is 0 Å². The molecule has 316 valence electrons. The molecule has 0 radical (unpaired) electrons. The van der Waals surface area contributed by atoms with Crippen molar-refractivity contribution >= 4 is 0 Å². The van der Waals surface area contributed by atoms with Crippen molar-refractivity contribution in [2.75, 3.05) is 33.0 Å². The first-order valence-electron chi connectivity index (χ1n) is 17.8. The second-order valence-corrected chi connectivity index (χ2v) is 14.5. The van der Waals surface area contributed by atoms with Crippen molar-refractivity contribution < 1.29 is 89.0 Å². The zero-order valence-electron chi connectivity index (χ0n) is 29.3. The molecule has 0 unspecified atom stereocenters. The summed E-state index contributed by atoms with van der Waals surface area (Å²) in [5.74, 6) is -1.01. The maximum absolute atomic E-state index is 11.3. The maximum atomic E-state index is 11.3. The molecular formula is C30H58N6O18. The summed E-state index contributed by atoms with van der Waals surface area (Å²) < 4.78 is 46.4. The second kappa shape index (κ2) is 18.7. The van der Waals surface area contributed by atoms with Gasteiger partial charge in [-0.1, -0.05) is 0 Å². The summed E-state index contributed by atoms with van der Waals surface area (Å²) in [4.78, 5) is 0. The second-order valence-electron chi connectivity index (χ2n) is 14.5. The van der Waals surface area contributed by atoms with E-state index in [9.17, 15) is 51.1 Å². The van der Waals surface area contributed by atoms with E-state index in [0.717, 1.165) is 0 Å². The molecular weight excluding hydrogens is 732 g/mol. The third kappa shape index (κ3) is 8.87. The van der Waals surface area contributed by atoms with Crippen LogP contribution >= 0.6 is 0 Å². The molecule has 4 saturated heterocycles. The highest BCUT2D eigenvalue weighted by Gasteiger charge is 2.55. The molecule has 54 heavy (non-hydrogen) atoms. The smallest absolute Gasteiger partial charge is 0.187 e. The molecule has 0 amide bonds. The molecule has 5 fully saturated rings. The molecule has 4 heterocycles. The van der Waals surface area contributed by atoms with Crippen LogP contribution in [0.15, 0.2) is 0 Å². The summed E-state index contributed by atoms with van der Waals surface area (Å²) in [5, 5.41) is 104.